The highest BCUT2D eigenvalue weighted by molar-refractivity contribution is 9.10. The topological polar surface area (TPSA) is 12.0 Å². The van der Waals surface area contributed by atoms with Crippen LogP contribution in [0.2, 0.25) is 0 Å². The Morgan fingerprint density at radius 3 is 2.76 bits per heavy atom. The molecule has 1 N–H and O–H groups in total. The summed E-state index contributed by atoms with van der Waals surface area (Å²) in [7, 11) is 0. The molecule has 0 amide bonds. The maximum absolute atomic E-state index is 3.72. The number of nitrogens with one attached hydrogen (secondary N) is 1. The molecule has 2 rings (SSSR count). The van der Waals surface area contributed by atoms with Gasteiger partial charge in [0.25, 0.3) is 0 Å². The number of hydrogen-bond donors (Lipinski definition) is 1. The molecule has 1 aliphatic carbocycles. The van der Waals surface area contributed by atoms with E-state index in [0.29, 0.717) is 6.04 Å². The van der Waals surface area contributed by atoms with Gasteiger partial charge in [0.2, 0.25) is 0 Å². The fraction of sp³-hybridized carbons (Fsp3) is 0.600. The van der Waals surface area contributed by atoms with Crippen LogP contribution in [0.5, 0.6) is 0 Å². The van der Waals surface area contributed by atoms with Crippen molar-refractivity contribution < 1.29 is 0 Å². The summed E-state index contributed by atoms with van der Waals surface area (Å²) < 4.78 is 1.20. The molecule has 1 fully saturated rings. The average Bonchev–Trinajstić information content (AvgIpc) is 2.34. The van der Waals surface area contributed by atoms with Crippen LogP contribution in [0, 0.1) is 12.8 Å². The van der Waals surface area contributed by atoms with Crippen LogP contribution in [0.15, 0.2) is 22.7 Å². The van der Waals surface area contributed by atoms with Gasteiger partial charge in [0.05, 0.1) is 0 Å². The van der Waals surface area contributed by atoms with Crippen LogP contribution in [0.3, 0.4) is 0 Å². The minimum Gasteiger partial charge on any atom is -0.382 e. The van der Waals surface area contributed by atoms with E-state index in [1.54, 1.807) is 0 Å². The Kier molecular flexibility index (Phi) is 4.49. The minimum absolute atomic E-state index is 0.670. The first-order chi connectivity index (χ1) is 8.20. The Morgan fingerprint density at radius 2 is 2.06 bits per heavy atom. The molecule has 1 aliphatic rings. The lowest BCUT2D eigenvalue weighted by Crippen LogP contribution is -2.31. The van der Waals surface area contributed by atoms with Crippen LogP contribution in [0.25, 0.3) is 0 Å². The van der Waals surface area contributed by atoms with Gasteiger partial charge in [0.1, 0.15) is 0 Å². The lowest BCUT2D eigenvalue weighted by molar-refractivity contribution is 0.317. The fourth-order valence-electron chi connectivity index (χ4n) is 2.78. The van der Waals surface area contributed by atoms with E-state index in [-0.39, 0.29) is 0 Å². The molecular weight excluding hydrogens is 274 g/mol. The predicted octanol–water partition coefficient (Wildman–Crippen LogP) is 5.14. The standard InChI is InChI=1S/C15H22BrN/c1-3-12-6-4-5-7-15(12)17-13-9-8-11(2)14(16)10-13/h8-10,12,15,17H,3-7H2,1-2H3. The highest BCUT2D eigenvalue weighted by Crippen LogP contribution is 2.30. The second-order valence-electron chi connectivity index (χ2n) is 5.17. The Balaban J connectivity index is 2.05. The van der Waals surface area contributed by atoms with Gasteiger partial charge in [-0.25, -0.2) is 0 Å². The van der Waals surface area contributed by atoms with Crippen LogP contribution in [-0.2, 0) is 0 Å². The van der Waals surface area contributed by atoms with Gasteiger partial charge < -0.3 is 5.32 Å². The van der Waals surface area contributed by atoms with E-state index in [1.807, 2.05) is 0 Å². The Labute approximate surface area is 113 Å². The van der Waals surface area contributed by atoms with Gasteiger partial charge in [-0.15, -0.1) is 0 Å². The zero-order valence-corrected chi connectivity index (χ0v) is 12.4. The van der Waals surface area contributed by atoms with Gasteiger partial charge in [-0.05, 0) is 43.4 Å². The number of halogens is 1. The van der Waals surface area contributed by atoms with Gasteiger partial charge in [-0.1, -0.05) is 48.2 Å². The second-order valence-corrected chi connectivity index (χ2v) is 6.02. The normalized spacial score (nSPS) is 24.6. The summed E-state index contributed by atoms with van der Waals surface area (Å²) in [5.41, 5.74) is 2.55. The fourth-order valence-corrected chi connectivity index (χ4v) is 3.16. The maximum atomic E-state index is 3.72. The molecule has 2 atom stereocenters. The molecular formula is C15H22BrN. The van der Waals surface area contributed by atoms with Crippen molar-refractivity contribution in [2.24, 2.45) is 5.92 Å². The maximum Gasteiger partial charge on any atom is 0.0353 e. The number of benzene rings is 1. The molecule has 0 heterocycles. The molecule has 0 aliphatic heterocycles. The third kappa shape index (κ3) is 3.25. The molecule has 1 saturated carbocycles. The molecule has 2 unspecified atom stereocenters. The number of rotatable bonds is 3. The molecule has 0 aromatic heterocycles. The summed E-state index contributed by atoms with van der Waals surface area (Å²) >= 11 is 3.60. The summed E-state index contributed by atoms with van der Waals surface area (Å²) in [5.74, 6) is 0.851. The quantitative estimate of drug-likeness (QED) is 0.814. The summed E-state index contributed by atoms with van der Waals surface area (Å²) in [4.78, 5) is 0. The molecule has 0 saturated heterocycles. The third-order valence-corrected chi connectivity index (χ3v) is 4.81. The van der Waals surface area contributed by atoms with Crippen molar-refractivity contribution in [3.63, 3.8) is 0 Å². The highest BCUT2D eigenvalue weighted by Gasteiger charge is 2.23. The molecule has 1 aromatic rings. The molecule has 0 radical (unpaired) electrons. The van der Waals surface area contributed by atoms with Crippen molar-refractivity contribution in [2.75, 3.05) is 5.32 Å². The van der Waals surface area contributed by atoms with Crippen LogP contribution < -0.4 is 5.32 Å². The van der Waals surface area contributed by atoms with E-state index in [4.69, 9.17) is 0 Å². The second kappa shape index (κ2) is 5.90. The first kappa shape index (κ1) is 12.9. The van der Waals surface area contributed by atoms with E-state index in [2.05, 4.69) is 53.3 Å². The SMILES string of the molecule is CCC1CCCCC1Nc1ccc(C)c(Br)c1. The predicted molar refractivity (Wildman–Crippen MR) is 78.5 cm³/mol. The largest absolute Gasteiger partial charge is 0.382 e. The van der Waals surface area contributed by atoms with Gasteiger partial charge in [0, 0.05) is 16.2 Å². The first-order valence-corrected chi connectivity index (χ1v) is 7.52. The summed E-state index contributed by atoms with van der Waals surface area (Å²) in [5, 5.41) is 3.72. The monoisotopic (exact) mass is 295 g/mol. The summed E-state index contributed by atoms with van der Waals surface area (Å²) in [6, 6.07) is 7.25. The van der Waals surface area contributed by atoms with Gasteiger partial charge in [0.15, 0.2) is 0 Å². The lowest BCUT2D eigenvalue weighted by atomic mass is 9.83. The first-order valence-electron chi connectivity index (χ1n) is 6.73. The molecule has 94 valence electrons. The third-order valence-electron chi connectivity index (χ3n) is 3.96. The Bertz CT molecular complexity index is 375. The van der Waals surface area contributed by atoms with Gasteiger partial charge in [-0.3, -0.25) is 0 Å². The minimum atomic E-state index is 0.670. The average molecular weight is 296 g/mol. The Morgan fingerprint density at radius 1 is 1.29 bits per heavy atom. The zero-order valence-electron chi connectivity index (χ0n) is 10.8. The van der Waals surface area contributed by atoms with Crippen molar-refractivity contribution in [3.05, 3.63) is 28.2 Å². The zero-order chi connectivity index (χ0) is 12.3. The van der Waals surface area contributed by atoms with Crippen molar-refractivity contribution in [2.45, 2.75) is 52.0 Å². The van der Waals surface area contributed by atoms with E-state index in [1.165, 1.54) is 47.8 Å². The van der Waals surface area contributed by atoms with Crippen LogP contribution in [0.4, 0.5) is 5.69 Å². The molecule has 0 spiro atoms. The van der Waals surface area contributed by atoms with E-state index in [0.717, 1.165) is 5.92 Å². The van der Waals surface area contributed by atoms with E-state index < -0.39 is 0 Å². The van der Waals surface area contributed by atoms with E-state index in [9.17, 15) is 0 Å². The molecule has 2 heteroatoms. The number of aryl methyl sites for hydroxylation is 1. The Hall–Kier alpha value is -0.500. The molecule has 17 heavy (non-hydrogen) atoms. The van der Waals surface area contributed by atoms with Crippen molar-refractivity contribution in [3.8, 4) is 0 Å². The highest BCUT2D eigenvalue weighted by atomic mass is 79.9. The lowest BCUT2D eigenvalue weighted by Gasteiger charge is -2.32. The molecule has 0 bridgehead atoms. The van der Waals surface area contributed by atoms with Crippen molar-refractivity contribution in [1.82, 2.24) is 0 Å². The van der Waals surface area contributed by atoms with Crippen LogP contribution >= 0.6 is 15.9 Å². The van der Waals surface area contributed by atoms with Gasteiger partial charge in [-0.2, -0.15) is 0 Å². The van der Waals surface area contributed by atoms with Crippen molar-refractivity contribution >= 4 is 21.6 Å². The molecule has 1 nitrogen and oxygen atoms in total. The van der Waals surface area contributed by atoms with Crippen molar-refractivity contribution in [1.29, 1.82) is 0 Å². The van der Waals surface area contributed by atoms with E-state index >= 15 is 0 Å². The molecule has 1 aromatic carbocycles. The van der Waals surface area contributed by atoms with Gasteiger partial charge >= 0.3 is 0 Å². The smallest absolute Gasteiger partial charge is 0.0353 e. The number of hydrogen-bond acceptors (Lipinski definition) is 1. The van der Waals surface area contributed by atoms with Crippen LogP contribution in [-0.4, -0.2) is 6.04 Å². The summed E-state index contributed by atoms with van der Waals surface area (Å²) in [6.45, 7) is 4.44. The number of anilines is 1. The van der Waals surface area contributed by atoms with Crippen LogP contribution in [0.1, 0.15) is 44.6 Å². The summed E-state index contributed by atoms with van der Waals surface area (Å²) in [6.07, 6.45) is 6.80.